The first-order valence-corrected chi connectivity index (χ1v) is 4.73. The fourth-order valence-corrected chi connectivity index (χ4v) is 1.85. The van der Waals surface area contributed by atoms with Crippen molar-refractivity contribution in [1.82, 2.24) is 0 Å². The molecule has 0 bridgehead atoms. The van der Waals surface area contributed by atoms with Crippen molar-refractivity contribution in [2.24, 2.45) is 5.73 Å². The number of benzene rings is 1. The summed E-state index contributed by atoms with van der Waals surface area (Å²) in [5.74, 6) is 0. The molecule has 0 saturated carbocycles. The van der Waals surface area contributed by atoms with Gasteiger partial charge in [-0.05, 0) is 30.2 Å². The highest BCUT2D eigenvalue weighted by Gasteiger charge is 2.22. The second-order valence-corrected chi connectivity index (χ2v) is 3.79. The van der Waals surface area contributed by atoms with Crippen LogP contribution in [0.5, 0.6) is 0 Å². The molecule has 0 aliphatic carbocycles. The standard InChI is InChI=1S/C10H12ClNO/c1-6-8-3-2-7(11)4-9(8)10(12)5-13-6/h2-4,6,10H,5,12H2,1H3/t6-,10?/m1/s1. The Labute approximate surface area is 82.6 Å². The lowest BCUT2D eigenvalue weighted by molar-refractivity contribution is 0.0408. The van der Waals surface area contributed by atoms with Crippen LogP contribution >= 0.6 is 11.6 Å². The Morgan fingerprint density at radius 2 is 2.23 bits per heavy atom. The molecule has 2 N–H and O–H groups in total. The van der Waals surface area contributed by atoms with Crippen LogP contribution in [0.4, 0.5) is 0 Å². The lowest BCUT2D eigenvalue weighted by Crippen LogP contribution is -2.25. The van der Waals surface area contributed by atoms with Gasteiger partial charge < -0.3 is 10.5 Å². The van der Waals surface area contributed by atoms with Gasteiger partial charge in [0, 0.05) is 5.02 Å². The maximum Gasteiger partial charge on any atom is 0.0801 e. The monoisotopic (exact) mass is 197 g/mol. The molecule has 1 aromatic carbocycles. The van der Waals surface area contributed by atoms with Crippen molar-refractivity contribution in [3.63, 3.8) is 0 Å². The maximum atomic E-state index is 5.89. The lowest BCUT2D eigenvalue weighted by atomic mass is 9.95. The zero-order valence-corrected chi connectivity index (χ0v) is 8.21. The van der Waals surface area contributed by atoms with Gasteiger partial charge in [-0.1, -0.05) is 17.7 Å². The Kier molecular flexibility index (Phi) is 2.28. The molecule has 2 rings (SSSR count). The molecule has 0 fully saturated rings. The second-order valence-electron chi connectivity index (χ2n) is 3.36. The van der Waals surface area contributed by atoms with E-state index in [0.29, 0.717) is 6.61 Å². The Balaban J connectivity index is 2.50. The van der Waals surface area contributed by atoms with Crippen LogP contribution in [-0.4, -0.2) is 6.61 Å². The minimum absolute atomic E-state index is 0.0371. The van der Waals surface area contributed by atoms with Gasteiger partial charge in [-0.25, -0.2) is 0 Å². The van der Waals surface area contributed by atoms with Gasteiger partial charge in [0.2, 0.25) is 0 Å². The van der Waals surface area contributed by atoms with Crippen molar-refractivity contribution in [1.29, 1.82) is 0 Å². The predicted octanol–water partition coefficient (Wildman–Crippen LogP) is 2.43. The van der Waals surface area contributed by atoms with E-state index in [1.165, 1.54) is 0 Å². The molecule has 1 unspecified atom stereocenters. The third-order valence-electron chi connectivity index (χ3n) is 2.41. The number of rotatable bonds is 0. The van der Waals surface area contributed by atoms with Gasteiger partial charge in [0.1, 0.15) is 0 Å². The molecule has 3 heteroatoms. The zero-order chi connectivity index (χ0) is 9.42. The molecule has 70 valence electrons. The molecule has 0 spiro atoms. The lowest BCUT2D eigenvalue weighted by Gasteiger charge is -2.27. The SMILES string of the molecule is C[C@H]1OCC(N)c2cc(Cl)ccc21. The Morgan fingerprint density at radius 1 is 1.46 bits per heavy atom. The van der Waals surface area contributed by atoms with E-state index in [1.54, 1.807) is 0 Å². The van der Waals surface area contributed by atoms with Gasteiger partial charge in [-0.2, -0.15) is 0 Å². The highest BCUT2D eigenvalue weighted by Crippen LogP contribution is 2.32. The summed E-state index contributed by atoms with van der Waals surface area (Å²) in [4.78, 5) is 0. The van der Waals surface area contributed by atoms with Crippen molar-refractivity contribution in [2.75, 3.05) is 6.61 Å². The van der Waals surface area contributed by atoms with E-state index in [0.717, 1.165) is 16.1 Å². The quantitative estimate of drug-likeness (QED) is 0.694. The van der Waals surface area contributed by atoms with Crippen molar-refractivity contribution in [3.8, 4) is 0 Å². The fraction of sp³-hybridized carbons (Fsp3) is 0.400. The molecular weight excluding hydrogens is 186 g/mol. The van der Waals surface area contributed by atoms with E-state index >= 15 is 0 Å². The smallest absolute Gasteiger partial charge is 0.0801 e. The molecule has 0 amide bonds. The number of ether oxygens (including phenoxy) is 1. The molecule has 1 aliphatic heterocycles. The fourth-order valence-electron chi connectivity index (χ4n) is 1.66. The number of fused-ring (bicyclic) bond motifs is 1. The molecule has 2 atom stereocenters. The van der Waals surface area contributed by atoms with Gasteiger partial charge in [-0.3, -0.25) is 0 Å². The summed E-state index contributed by atoms with van der Waals surface area (Å²) >= 11 is 5.89. The average Bonchev–Trinajstić information content (AvgIpc) is 2.12. The van der Waals surface area contributed by atoms with Crippen LogP contribution in [0.2, 0.25) is 5.02 Å². The first kappa shape index (κ1) is 9.00. The van der Waals surface area contributed by atoms with Crippen LogP contribution in [0, 0.1) is 0 Å². The van der Waals surface area contributed by atoms with Crippen molar-refractivity contribution < 1.29 is 4.74 Å². The van der Waals surface area contributed by atoms with E-state index in [2.05, 4.69) is 0 Å². The summed E-state index contributed by atoms with van der Waals surface area (Å²) in [6.45, 7) is 2.60. The largest absolute Gasteiger partial charge is 0.372 e. The summed E-state index contributed by atoms with van der Waals surface area (Å²) in [6.07, 6.45) is 0.132. The van der Waals surface area contributed by atoms with Crippen LogP contribution in [0.25, 0.3) is 0 Å². The zero-order valence-electron chi connectivity index (χ0n) is 7.46. The Morgan fingerprint density at radius 3 is 3.00 bits per heavy atom. The van der Waals surface area contributed by atoms with E-state index in [9.17, 15) is 0 Å². The van der Waals surface area contributed by atoms with Gasteiger partial charge in [0.05, 0.1) is 18.8 Å². The summed E-state index contributed by atoms with van der Waals surface area (Å²) < 4.78 is 5.49. The van der Waals surface area contributed by atoms with Gasteiger partial charge >= 0.3 is 0 Å². The highest BCUT2D eigenvalue weighted by molar-refractivity contribution is 6.30. The molecule has 1 heterocycles. The average molecular weight is 198 g/mol. The van der Waals surface area contributed by atoms with E-state index in [4.69, 9.17) is 22.1 Å². The number of hydrogen-bond donors (Lipinski definition) is 1. The third-order valence-corrected chi connectivity index (χ3v) is 2.65. The molecule has 13 heavy (non-hydrogen) atoms. The second kappa shape index (κ2) is 3.29. The minimum Gasteiger partial charge on any atom is -0.372 e. The molecule has 1 aromatic rings. The molecule has 2 nitrogen and oxygen atoms in total. The molecule has 0 aromatic heterocycles. The minimum atomic E-state index is -0.0371. The van der Waals surface area contributed by atoms with E-state index < -0.39 is 0 Å². The van der Waals surface area contributed by atoms with Crippen molar-refractivity contribution in [2.45, 2.75) is 19.1 Å². The van der Waals surface area contributed by atoms with Crippen molar-refractivity contribution >= 4 is 11.6 Å². The third kappa shape index (κ3) is 1.57. The number of nitrogens with two attached hydrogens (primary N) is 1. The van der Waals surface area contributed by atoms with Crippen molar-refractivity contribution in [3.05, 3.63) is 34.3 Å². The van der Waals surface area contributed by atoms with Gasteiger partial charge in [0.15, 0.2) is 0 Å². The van der Waals surface area contributed by atoms with Gasteiger partial charge in [-0.15, -0.1) is 0 Å². The number of halogens is 1. The van der Waals surface area contributed by atoms with E-state index in [-0.39, 0.29) is 12.1 Å². The summed E-state index contributed by atoms with van der Waals surface area (Å²) in [5, 5.41) is 0.739. The predicted molar refractivity (Wildman–Crippen MR) is 52.7 cm³/mol. The van der Waals surface area contributed by atoms with Crippen LogP contribution in [0.1, 0.15) is 30.2 Å². The van der Waals surface area contributed by atoms with E-state index in [1.807, 2.05) is 25.1 Å². The van der Waals surface area contributed by atoms with Crippen LogP contribution in [-0.2, 0) is 4.74 Å². The highest BCUT2D eigenvalue weighted by atomic mass is 35.5. The normalized spacial score (nSPS) is 27.0. The van der Waals surface area contributed by atoms with Crippen LogP contribution < -0.4 is 5.73 Å². The maximum absolute atomic E-state index is 5.89. The molecular formula is C10H12ClNO. The summed E-state index contributed by atoms with van der Waals surface area (Å²) in [5.41, 5.74) is 8.17. The topological polar surface area (TPSA) is 35.2 Å². The number of hydrogen-bond acceptors (Lipinski definition) is 2. The van der Waals surface area contributed by atoms with Gasteiger partial charge in [0.25, 0.3) is 0 Å². The first-order valence-electron chi connectivity index (χ1n) is 4.35. The first-order chi connectivity index (χ1) is 6.18. The Hall–Kier alpha value is -0.570. The van der Waals surface area contributed by atoms with Crippen LogP contribution in [0.3, 0.4) is 0 Å². The molecule has 1 aliphatic rings. The molecule has 0 radical (unpaired) electrons. The summed E-state index contributed by atoms with van der Waals surface area (Å²) in [7, 11) is 0. The molecule has 0 saturated heterocycles. The Bertz CT molecular complexity index is 327. The van der Waals surface area contributed by atoms with Crippen LogP contribution in [0.15, 0.2) is 18.2 Å². The summed E-state index contributed by atoms with van der Waals surface area (Å²) in [6, 6.07) is 5.75.